The van der Waals surface area contributed by atoms with E-state index in [-0.39, 0.29) is 24.5 Å². The molecular formula is C10H20N2O4. The molecule has 1 unspecified atom stereocenters. The molecular weight excluding hydrogens is 212 g/mol. The van der Waals surface area contributed by atoms with E-state index in [9.17, 15) is 9.59 Å². The lowest BCUT2D eigenvalue weighted by atomic mass is 10.1. The van der Waals surface area contributed by atoms with Crippen molar-refractivity contribution in [3.8, 4) is 0 Å². The average Bonchev–Trinajstić information content (AvgIpc) is 2.08. The van der Waals surface area contributed by atoms with Crippen LogP contribution in [0.2, 0.25) is 0 Å². The van der Waals surface area contributed by atoms with Crippen molar-refractivity contribution in [1.82, 2.24) is 10.6 Å². The molecule has 16 heavy (non-hydrogen) atoms. The van der Waals surface area contributed by atoms with Gasteiger partial charge in [-0.1, -0.05) is 0 Å². The number of ether oxygens (including phenoxy) is 1. The Morgan fingerprint density at radius 3 is 2.31 bits per heavy atom. The standard InChI is InChI=1S/C10H20N2O4/c1-10(2,3)12-9(15)11-6-7(16-4)5-8(13)14/h7H,5-6H2,1-4H3,(H,13,14)(H2,11,12,15). The number of carbonyl (C=O) groups is 2. The molecule has 0 radical (unpaired) electrons. The van der Waals surface area contributed by atoms with Gasteiger partial charge in [-0.15, -0.1) is 0 Å². The highest BCUT2D eigenvalue weighted by Gasteiger charge is 2.16. The quantitative estimate of drug-likeness (QED) is 0.646. The number of nitrogens with one attached hydrogen (secondary N) is 2. The minimum Gasteiger partial charge on any atom is -0.481 e. The van der Waals surface area contributed by atoms with Gasteiger partial charge in [0.25, 0.3) is 0 Å². The predicted octanol–water partition coefficient (Wildman–Crippen LogP) is 0.574. The van der Waals surface area contributed by atoms with Gasteiger partial charge >= 0.3 is 12.0 Å². The Bertz CT molecular complexity index is 248. The van der Waals surface area contributed by atoms with E-state index in [1.165, 1.54) is 7.11 Å². The highest BCUT2D eigenvalue weighted by Crippen LogP contribution is 1.98. The zero-order chi connectivity index (χ0) is 12.8. The van der Waals surface area contributed by atoms with Crippen molar-refractivity contribution in [2.24, 2.45) is 0 Å². The topological polar surface area (TPSA) is 87.7 Å². The lowest BCUT2D eigenvalue weighted by molar-refractivity contribution is -0.139. The molecule has 0 aromatic heterocycles. The summed E-state index contributed by atoms with van der Waals surface area (Å²) < 4.78 is 4.92. The Labute approximate surface area is 95.4 Å². The number of carboxylic acids is 1. The van der Waals surface area contributed by atoms with E-state index < -0.39 is 12.1 Å². The lowest BCUT2D eigenvalue weighted by Crippen LogP contribution is -2.48. The summed E-state index contributed by atoms with van der Waals surface area (Å²) in [5, 5.41) is 13.8. The maximum absolute atomic E-state index is 11.3. The number of carboxylic acid groups (broad SMARTS) is 1. The Kier molecular flexibility index (Phi) is 5.81. The van der Waals surface area contributed by atoms with E-state index in [4.69, 9.17) is 9.84 Å². The Morgan fingerprint density at radius 1 is 1.38 bits per heavy atom. The smallest absolute Gasteiger partial charge is 0.315 e. The van der Waals surface area contributed by atoms with Crippen molar-refractivity contribution in [3.63, 3.8) is 0 Å². The fourth-order valence-corrected chi connectivity index (χ4v) is 1.02. The monoisotopic (exact) mass is 232 g/mol. The van der Waals surface area contributed by atoms with E-state index in [0.29, 0.717) is 0 Å². The van der Waals surface area contributed by atoms with Crippen molar-refractivity contribution in [3.05, 3.63) is 0 Å². The third kappa shape index (κ3) is 8.05. The first kappa shape index (κ1) is 14.7. The summed E-state index contributed by atoms with van der Waals surface area (Å²) in [5.74, 6) is -0.954. The van der Waals surface area contributed by atoms with Crippen LogP contribution in [-0.4, -0.2) is 42.4 Å². The van der Waals surface area contributed by atoms with Crippen LogP contribution in [0.25, 0.3) is 0 Å². The van der Waals surface area contributed by atoms with Gasteiger partial charge in [-0.05, 0) is 20.8 Å². The van der Waals surface area contributed by atoms with Crippen LogP contribution in [0.3, 0.4) is 0 Å². The number of hydrogen-bond donors (Lipinski definition) is 3. The van der Waals surface area contributed by atoms with Crippen LogP contribution < -0.4 is 10.6 Å². The summed E-state index contributed by atoms with van der Waals surface area (Å²) in [6, 6.07) is -0.333. The molecule has 1 atom stereocenters. The van der Waals surface area contributed by atoms with Gasteiger partial charge in [0.1, 0.15) is 0 Å². The molecule has 0 fully saturated rings. The van der Waals surface area contributed by atoms with Crippen molar-refractivity contribution >= 4 is 12.0 Å². The van der Waals surface area contributed by atoms with Gasteiger partial charge < -0.3 is 20.5 Å². The first-order chi connectivity index (χ1) is 7.24. The molecule has 0 heterocycles. The summed E-state index contributed by atoms with van der Waals surface area (Å²) in [4.78, 5) is 21.8. The Balaban J connectivity index is 3.93. The summed E-state index contributed by atoms with van der Waals surface area (Å²) in [6.45, 7) is 5.75. The largest absolute Gasteiger partial charge is 0.481 e. The second-order valence-electron chi connectivity index (χ2n) is 4.54. The van der Waals surface area contributed by atoms with Crippen LogP contribution in [0, 0.1) is 0 Å². The molecule has 0 aliphatic rings. The van der Waals surface area contributed by atoms with Crippen molar-refractivity contribution in [2.75, 3.05) is 13.7 Å². The molecule has 3 N–H and O–H groups in total. The fraction of sp³-hybridized carbons (Fsp3) is 0.800. The van der Waals surface area contributed by atoms with Crippen LogP contribution in [0.4, 0.5) is 4.79 Å². The Hall–Kier alpha value is -1.30. The average molecular weight is 232 g/mol. The van der Waals surface area contributed by atoms with Gasteiger partial charge in [0.2, 0.25) is 0 Å². The maximum atomic E-state index is 11.3. The molecule has 0 aromatic carbocycles. The van der Waals surface area contributed by atoms with Crippen LogP contribution in [0.1, 0.15) is 27.2 Å². The number of urea groups is 1. The van der Waals surface area contributed by atoms with Crippen LogP contribution >= 0.6 is 0 Å². The normalized spacial score (nSPS) is 13.0. The van der Waals surface area contributed by atoms with E-state index >= 15 is 0 Å². The molecule has 0 aliphatic heterocycles. The molecule has 0 bridgehead atoms. The molecule has 2 amide bonds. The summed E-state index contributed by atoms with van der Waals surface area (Å²) in [5.41, 5.74) is -0.320. The second-order valence-corrected chi connectivity index (χ2v) is 4.54. The van der Waals surface area contributed by atoms with E-state index in [1.807, 2.05) is 20.8 Å². The SMILES string of the molecule is COC(CNC(=O)NC(C)(C)C)CC(=O)O. The molecule has 6 heteroatoms. The molecule has 0 saturated carbocycles. The number of aliphatic carboxylic acids is 1. The molecule has 0 aromatic rings. The minimum absolute atomic E-state index is 0.133. The molecule has 0 spiro atoms. The van der Waals surface area contributed by atoms with Crippen LogP contribution in [0.5, 0.6) is 0 Å². The lowest BCUT2D eigenvalue weighted by Gasteiger charge is -2.22. The van der Waals surface area contributed by atoms with Crippen molar-refractivity contribution < 1.29 is 19.4 Å². The van der Waals surface area contributed by atoms with Crippen molar-refractivity contribution in [1.29, 1.82) is 0 Å². The fourth-order valence-electron chi connectivity index (χ4n) is 1.02. The first-order valence-corrected chi connectivity index (χ1v) is 5.05. The molecule has 94 valence electrons. The first-order valence-electron chi connectivity index (χ1n) is 5.05. The molecule has 6 nitrogen and oxygen atoms in total. The number of methoxy groups -OCH3 is 1. The van der Waals surface area contributed by atoms with Gasteiger partial charge in [-0.3, -0.25) is 4.79 Å². The number of carbonyl (C=O) groups excluding carboxylic acids is 1. The van der Waals surface area contributed by atoms with Crippen LogP contribution in [0.15, 0.2) is 0 Å². The molecule has 0 rings (SSSR count). The van der Waals surface area contributed by atoms with E-state index in [1.54, 1.807) is 0 Å². The highest BCUT2D eigenvalue weighted by atomic mass is 16.5. The van der Waals surface area contributed by atoms with Crippen LogP contribution in [-0.2, 0) is 9.53 Å². The second kappa shape index (κ2) is 6.32. The number of amides is 2. The zero-order valence-corrected chi connectivity index (χ0v) is 10.2. The van der Waals surface area contributed by atoms with E-state index in [2.05, 4.69) is 10.6 Å². The highest BCUT2D eigenvalue weighted by molar-refractivity contribution is 5.74. The van der Waals surface area contributed by atoms with Gasteiger partial charge in [-0.25, -0.2) is 4.79 Å². The number of rotatable bonds is 5. The molecule has 0 saturated heterocycles. The third-order valence-corrected chi connectivity index (χ3v) is 1.71. The van der Waals surface area contributed by atoms with Gasteiger partial charge in [0, 0.05) is 19.2 Å². The summed E-state index contributed by atoms with van der Waals surface area (Å²) in [7, 11) is 1.41. The van der Waals surface area contributed by atoms with Gasteiger partial charge in [0.05, 0.1) is 12.5 Å². The Morgan fingerprint density at radius 2 is 1.94 bits per heavy atom. The van der Waals surface area contributed by atoms with Gasteiger partial charge in [-0.2, -0.15) is 0 Å². The van der Waals surface area contributed by atoms with E-state index in [0.717, 1.165) is 0 Å². The third-order valence-electron chi connectivity index (χ3n) is 1.71. The maximum Gasteiger partial charge on any atom is 0.315 e. The van der Waals surface area contributed by atoms with Crippen molar-refractivity contribution in [2.45, 2.75) is 38.8 Å². The summed E-state index contributed by atoms with van der Waals surface area (Å²) in [6.07, 6.45) is -0.644. The number of hydrogen-bond acceptors (Lipinski definition) is 3. The zero-order valence-electron chi connectivity index (χ0n) is 10.2. The summed E-state index contributed by atoms with van der Waals surface area (Å²) >= 11 is 0. The predicted molar refractivity (Wildman–Crippen MR) is 59.3 cm³/mol. The minimum atomic E-state index is -0.954. The van der Waals surface area contributed by atoms with Gasteiger partial charge in [0.15, 0.2) is 0 Å². The molecule has 0 aliphatic carbocycles.